The number of thioether (sulfide) groups is 1. The third-order valence-corrected chi connectivity index (χ3v) is 4.61. The molecular formula is C18H15FN2OS. The summed E-state index contributed by atoms with van der Waals surface area (Å²) in [6.07, 6.45) is 1.62. The van der Waals surface area contributed by atoms with Gasteiger partial charge in [-0.25, -0.2) is 4.39 Å². The second-order valence-electron chi connectivity index (χ2n) is 5.38. The zero-order chi connectivity index (χ0) is 16.6. The topological polar surface area (TPSA) is 44.2 Å². The smallest absolute Gasteiger partial charge is 0.271 e. The van der Waals surface area contributed by atoms with Crippen LogP contribution in [-0.2, 0) is 4.79 Å². The summed E-state index contributed by atoms with van der Waals surface area (Å²) in [5, 5.41) is 8.24. The Labute approximate surface area is 138 Å². The third-order valence-electron chi connectivity index (χ3n) is 3.72. The normalized spacial score (nSPS) is 16.5. The molecule has 0 radical (unpaired) electrons. The number of carbonyl (C=O) groups excluding carboxylic acids is 1. The Morgan fingerprint density at radius 1 is 1.13 bits per heavy atom. The molecule has 3 nitrogen and oxygen atoms in total. The first-order valence-corrected chi connectivity index (χ1v) is 7.93. The van der Waals surface area contributed by atoms with E-state index in [4.69, 9.17) is 5.41 Å². The molecule has 1 fully saturated rings. The van der Waals surface area contributed by atoms with E-state index in [2.05, 4.69) is 0 Å². The van der Waals surface area contributed by atoms with Crippen molar-refractivity contribution in [2.45, 2.75) is 13.8 Å². The lowest BCUT2D eigenvalue weighted by Crippen LogP contribution is -2.28. The summed E-state index contributed by atoms with van der Waals surface area (Å²) in [7, 11) is 0. The molecule has 0 atom stereocenters. The van der Waals surface area contributed by atoms with Gasteiger partial charge in [0.25, 0.3) is 5.91 Å². The van der Waals surface area contributed by atoms with E-state index in [1.807, 2.05) is 32.0 Å². The highest BCUT2D eigenvalue weighted by Crippen LogP contribution is 2.35. The second-order valence-corrected chi connectivity index (χ2v) is 6.41. The van der Waals surface area contributed by atoms with Gasteiger partial charge >= 0.3 is 0 Å². The predicted octanol–water partition coefficient (Wildman–Crippen LogP) is 4.50. The minimum absolute atomic E-state index is 0.154. The molecule has 1 heterocycles. The van der Waals surface area contributed by atoms with Crippen LogP contribution < -0.4 is 4.90 Å². The lowest BCUT2D eigenvalue weighted by Gasteiger charge is -2.15. The average molecular weight is 326 g/mol. The highest BCUT2D eigenvalue weighted by Gasteiger charge is 2.33. The number of halogens is 1. The van der Waals surface area contributed by atoms with Crippen LogP contribution in [0.1, 0.15) is 16.7 Å². The van der Waals surface area contributed by atoms with Crippen LogP contribution in [0.2, 0.25) is 0 Å². The summed E-state index contributed by atoms with van der Waals surface area (Å²) in [6.45, 7) is 3.97. The quantitative estimate of drug-likeness (QED) is 0.826. The number of amidine groups is 1. The van der Waals surface area contributed by atoms with E-state index in [1.54, 1.807) is 18.2 Å². The fraction of sp³-hybridized carbons (Fsp3) is 0.111. The zero-order valence-electron chi connectivity index (χ0n) is 12.8. The molecule has 1 N–H and O–H groups in total. The zero-order valence-corrected chi connectivity index (χ0v) is 13.6. The molecule has 2 aromatic carbocycles. The van der Waals surface area contributed by atoms with Crippen molar-refractivity contribution in [2.24, 2.45) is 0 Å². The summed E-state index contributed by atoms with van der Waals surface area (Å²) in [5.74, 6) is -0.608. The van der Waals surface area contributed by atoms with Gasteiger partial charge in [-0.15, -0.1) is 0 Å². The predicted molar refractivity (Wildman–Crippen MR) is 93.1 cm³/mol. The average Bonchev–Trinajstić information content (AvgIpc) is 2.77. The summed E-state index contributed by atoms with van der Waals surface area (Å²) in [5.41, 5.74) is 3.49. The largest absolute Gasteiger partial charge is 0.278 e. The SMILES string of the molecule is Cc1ccc(N2C(=N)S/C(=C/c3cccc(F)c3)C2=O)cc1C. The molecule has 0 spiro atoms. The molecule has 2 aromatic rings. The molecule has 0 saturated carbocycles. The Kier molecular flexibility index (Phi) is 4.05. The first kappa shape index (κ1) is 15.5. The van der Waals surface area contributed by atoms with E-state index in [1.165, 1.54) is 17.0 Å². The Hall–Kier alpha value is -2.40. The number of carbonyl (C=O) groups is 1. The van der Waals surface area contributed by atoms with Gasteiger partial charge in [0.15, 0.2) is 5.17 Å². The van der Waals surface area contributed by atoms with E-state index in [0.717, 1.165) is 22.9 Å². The van der Waals surface area contributed by atoms with Crippen molar-refractivity contribution < 1.29 is 9.18 Å². The maximum absolute atomic E-state index is 13.3. The van der Waals surface area contributed by atoms with Gasteiger partial charge in [-0.3, -0.25) is 15.1 Å². The van der Waals surface area contributed by atoms with E-state index in [9.17, 15) is 9.18 Å². The molecule has 0 aromatic heterocycles. The third kappa shape index (κ3) is 3.05. The van der Waals surface area contributed by atoms with Crippen molar-refractivity contribution in [3.8, 4) is 0 Å². The van der Waals surface area contributed by atoms with Gasteiger partial charge in [0.05, 0.1) is 10.6 Å². The van der Waals surface area contributed by atoms with Crippen LogP contribution in [0, 0.1) is 25.1 Å². The van der Waals surface area contributed by atoms with Crippen molar-refractivity contribution in [3.05, 3.63) is 69.9 Å². The standard InChI is InChI=1S/C18H15FN2OS/c1-11-6-7-15(8-12(11)2)21-17(22)16(23-18(21)20)10-13-4-3-5-14(19)9-13/h3-10,20H,1-2H3/b16-10+,20-18?. The summed E-state index contributed by atoms with van der Waals surface area (Å²) < 4.78 is 13.3. The van der Waals surface area contributed by atoms with E-state index in [0.29, 0.717) is 16.2 Å². The molecule has 0 bridgehead atoms. The molecular weight excluding hydrogens is 311 g/mol. The minimum atomic E-state index is -0.351. The van der Waals surface area contributed by atoms with Gasteiger partial charge in [0.1, 0.15) is 5.82 Å². The molecule has 23 heavy (non-hydrogen) atoms. The van der Waals surface area contributed by atoms with Crippen molar-refractivity contribution in [1.29, 1.82) is 5.41 Å². The fourth-order valence-corrected chi connectivity index (χ4v) is 3.20. The van der Waals surface area contributed by atoms with Crippen LogP contribution in [0.4, 0.5) is 10.1 Å². The number of nitrogens with one attached hydrogen (secondary N) is 1. The molecule has 1 amide bonds. The lowest BCUT2D eigenvalue weighted by atomic mass is 10.1. The molecule has 5 heteroatoms. The van der Waals surface area contributed by atoms with Gasteiger partial charge in [0.2, 0.25) is 0 Å². The number of hydrogen-bond donors (Lipinski definition) is 1. The van der Waals surface area contributed by atoms with Crippen molar-refractivity contribution in [3.63, 3.8) is 0 Å². The Morgan fingerprint density at radius 2 is 1.91 bits per heavy atom. The minimum Gasteiger partial charge on any atom is -0.278 e. The monoisotopic (exact) mass is 326 g/mol. The van der Waals surface area contributed by atoms with Gasteiger partial charge in [-0.05, 0) is 72.6 Å². The Morgan fingerprint density at radius 3 is 2.61 bits per heavy atom. The van der Waals surface area contributed by atoms with Crippen LogP contribution >= 0.6 is 11.8 Å². The molecule has 1 aliphatic heterocycles. The Bertz CT molecular complexity index is 845. The number of rotatable bonds is 2. The maximum atomic E-state index is 13.3. The van der Waals surface area contributed by atoms with Crippen LogP contribution in [0.3, 0.4) is 0 Å². The lowest BCUT2D eigenvalue weighted by molar-refractivity contribution is -0.113. The number of amides is 1. The fourth-order valence-electron chi connectivity index (χ4n) is 2.33. The molecule has 0 unspecified atom stereocenters. The first-order valence-electron chi connectivity index (χ1n) is 7.11. The number of anilines is 1. The van der Waals surface area contributed by atoms with Crippen LogP contribution in [0.5, 0.6) is 0 Å². The van der Waals surface area contributed by atoms with E-state index >= 15 is 0 Å². The number of nitrogens with zero attached hydrogens (tertiary/aromatic N) is 1. The van der Waals surface area contributed by atoms with Crippen molar-refractivity contribution in [2.75, 3.05) is 4.90 Å². The van der Waals surface area contributed by atoms with Gasteiger partial charge in [-0.2, -0.15) is 0 Å². The summed E-state index contributed by atoms with van der Waals surface area (Å²) >= 11 is 1.09. The van der Waals surface area contributed by atoms with Crippen molar-refractivity contribution in [1.82, 2.24) is 0 Å². The van der Waals surface area contributed by atoms with Crippen molar-refractivity contribution >= 4 is 34.6 Å². The van der Waals surface area contributed by atoms with Gasteiger partial charge in [0, 0.05) is 0 Å². The van der Waals surface area contributed by atoms with E-state index < -0.39 is 0 Å². The Balaban J connectivity index is 1.95. The highest BCUT2D eigenvalue weighted by atomic mass is 32.2. The highest BCUT2D eigenvalue weighted by molar-refractivity contribution is 8.19. The molecule has 3 rings (SSSR count). The number of benzene rings is 2. The second kappa shape index (κ2) is 6.01. The van der Waals surface area contributed by atoms with Gasteiger partial charge in [-0.1, -0.05) is 18.2 Å². The summed E-state index contributed by atoms with van der Waals surface area (Å²) in [4.78, 5) is 14.4. The van der Waals surface area contributed by atoms with Gasteiger partial charge < -0.3 is 0 Å². The molecule has 116 valence electrons. The van der Waals surface area contributed by atoms with Crippen LogP contribution in [-0.4, -0.2) is 11.1 Å². The molecule has 1 aliphatic rings. The maximum Gasteiger partial charge on any atom is 0.271 e. The number of hydrogen-bond acceptors (Lipinski definition) is 3. The first-order chi connectivity index (χ1) is 11.0. The van der Waals surface area contributed by atoms with E-state index in [-0.39, 0.29) is 16.9 Å². The van der Waals surface area contributed by atoms with Crippen LogP contribution in [0.15, 0.2) is 47.4 Å². The summed E-state index contributed by atoms with van der Waals surface area (Å²) in [6, 6.07) is 11.7. The molecule has 0 aliphatic carbocycles. The van der Waals surface area contributed by atoms with Crippen LogP contribution in [0.25, 0.3) is 6.08 Å². The number of aryl methyl sites for hydroxylation is 2. The molecule has 1 saturated heterocycles.